The van der Waals surface area contributed by atoms with E-state index in [1.807, 2.05) is 0 Å². The summed E-state index contributed by atoms with van der Waals surface area (Å²) in [6.07, 6.45) is 3.76. The Labute approximate surface area is 176 Å². The molecule has 156 valence electrons. The Morgan fingerprint density at radius 1 is 1.26 bits per heavy atom. The number of nitrogens with one attached hydrogen (secondary N) is 1. The molecule has 1 aliphatic heterocycles. The van der Waals surface area contributed by atoms with Crippen molar-refractivity contribution in [2.75, 3.05) is 19.6 Å². The average molecular weight is 420 g/mol. The van der Waals surface area contributed by atoms with Crippen LogP contribution in [0, 0.1) is 0 Å². The van der Waals surface area contributed by atoms with Crippen molar-refractivity contribution in [3.8, 4) is 0 Å². The second-order valence-corrected chi connectivity index (χ2v) is 6.82. The van der Waals surface area contributed by atoms with Crippen molar-refractivity contribution < 1.29 is 9.53 Å². The molecule has 1 amide bonds. The first-order chi connectivity index (χ1) is 12.2. The van der Waals surface area contributed by atoms with Gasteiger partial charge < -0.3 is 15.8 Å². The van der Waals surface area contributed by atoms with Crippen LogP contribution in [0.5, 0.6) is 0 Å². The van der Waals surface area contributed by atoms with Crippen molar-refractivity contribution in [1.82, 2.24) is 10.2 Å². The van der Waals surface area contributed by atoms with E-state index in [0.717, 1.165) is 38.0 Å². The molecule has 7 heteroatoms. The van der Waals surface area contributed by atoms with Crippen molar-refractivity contribution in [3.05, 3.63) is 35.4 Å². The lowest BCUT2D eigenvalue weighted by Crippen LogP contribution is -2.35. The highest BCUT2D eigenvalue weighted by molar-refractivity contribution is 5.85. The van der Waals surface area contributed by atoms with Crippen LogP contribution >= 0.6 is 24.8 Å². The fraction of sp³-hybridized carbons (Fsp3) is 0.650. The third-order valence-corrected chi connectivity index (χ3v) is 4.80. The first kappa shape index (κ1) is 26.1. The topological polar surface area (TPSA) is 67.6 Å². The summed E-state index contributed by atoms with van der Waals surface area (Å²) in [6.45, 7) is 8.61. The van der Waals surface area contributed by atoms with Crippen LogP contribution in [0.25, 0.3) is 0 Å². The van der Waals surface area contributed by atoms with Crippen molar-refractivity contribution in [3.63, 3.8) is 0 Å². The lowest BCUT2D eigenvalue weighted by atomic mass is 10.1. The fourth-order valence-electron chi connectivity index (χ4n) is 3.20. The Balaban J connectivity index is 0.00000338. The number of nitrogens with two attached hydrogens (primary N) is 1. The van der Waals surface area contributed by atoms with Gasteiger partial charge in [0.1, 0.15) is 6.10 Å². The van der Waals surface area contributed by atoms with E-state index >= 15 is 0 Å². The smallest absolute Gasteiger partial charge is 0.249 e. The molecular weight excluding hydrogens is 385 g/mol. The number of hydrogen-bond donors (Lipinski definition) is 2. The molecule has 0 aromatic heterocycles. The maximum absolute atomic E-state index is 12.2. The molecule has 27 heavy (non-hydrogen) atoms. The monoisotopic (exact) mass is 419 g/mol. The Morgan fingerprint density at radius 2 is 2.00 bits per heavy atom. The summed E-state index contributed by atoms with van der Waals surface area (Å²) < 4.78 is 5.65. The van der Waals surface area contributed by atoms with Crippen LogP contribution in [-0.4, -0.2) is 42.6 Å². The second kappa shape index (κ2) is 14.2. The number of carbonyl (C=O) groups excluding carboxylic acids is 1. The Hall–Kier alpha value is -0.850. The van der Waals surface area contributed by atoms with E-state index in [1.54, 1.807) is 0 Å². The van der Waals surface area contributed by atoms with Crippen LogP contribution in [0.15, 0.2) is 24.3 Å². The van der Waals surface area contributed by atoms with E-state index in [2.05, 4.69) is 48.3 Å². The third kappa shape index (κ3) is 8.79. The predicted molar refractivity (Wildman–Crippen MR) is 116 cm³/mol. The van der Waals surface area contributed by atoms with Gasteiger partial charge in [-0.2, -0.15) is 0 Å². The molecule has 1 aromatic carbocycles. The summed E-state index contributed by atoms with van der Waals surface area (Å²) in [7, 11) is 0. The van der Waals surface area contributed by atoms with Crippen molar-refractivity contribution in [2.45, 2.75) is 64.8 Å². The number of halogens is 2. The molecule has 5 nitrogen and oxygen atoms in total. The van der Waals surface area contributed by atoms with Gasteiger partial charge in [-0.15, -0.1) is 24.8 Å². The molecule has 2 atom stereocenters. The molecule has 0 unspecified atom stereocenters. The van der Waals surface area contributed by atoms with Gasteiger partial charge in [0, 0.05) is 19.6 Å². The van der Waals surface area contributed by atoms with E-state index in [1.165, 1.54) is 18.4 Å². The zero-order chi connectivity index (χ0) is 18.1. The first-order valence-electron chi connectivity index (χ1n) is 9.59. The lowest BCUT2D eigenvalue weighted by molar-refractivity contribution is -0.132. The lowest BCUT2D eigenvalue weighted by Gasteiger charge is -2.20. The molecule has 2 rings (SSSR count). The summed E-state index contributed by atoms with van der Waals surface area (Å²) in [5.41, 5.74) is 8.03. The quantitative estimate of drug-likeness (QED) is 0.610. The highest BCUT2D eigenvalue weighted by Crippen LogP contribution is 2.19. The summed E-state index contributed by atoms with van der Waals surface area (Å²) in [5, 5.41) is 3.00. The molecule has 0 spiro atoms. The number of rotatable bonds is 10. The van der Waals surface area contributed by atoms with Gasteiger partial charge in [0.15, 0.2) is 0 Å². The summed E-state index contributed by atoms with van der Waals surface area (Å²) in [4.78, 5) is 14.7. The van der Waals surface area contributed by atoms with Gasteiger partial charge in [-0.05, 0) is 43.5 Å². The average Bonchev–Trinajstić information content (AvgIpc) is 3.13. The number of hydrogen-bond acceptors (Lipinski definition) is 4. The number of ether oxygens (including phenoxy) is 1. The second-order valence-electron chi connectivity index (χ2n) is 6.82. The molecular formula is C20H35Cl2N3O2. The molecule has 3 N–H and O–H groups in total. The summed E-state index contributed by atoms with van der Waals surface area (Å²) in [5.74, 6) is -0.0283. The molecule has 0 bridgehead atoms. The van der Waals surface area contributed by atoms with Crippen LogP contribution in [-0.2, 0) is 22.6 Å². The number of carbonyl (C=O) groups is 1. The number of benzene rings is 1. The van der Waals surface area contributed by atoms with Gasteiger partial charge in [-0.3, -0.25) is 9.69 Å². The van der Waals surface area contributed by atoms with Gasteiger partial charge in [0.05, 0.1) is 6.10 Å². The zero-order valence-electron chi connectivity index (χ0n) is 16.5. The largest absolute Gasteiger partial charge is 0.364 e. The number of unbranched alkanes of at least 4 members (excludes halogenated alkanes) is 1. The van der Waals surface area contributed by atoms with Crippen LogP contribution in [0.2, 0.25) is 0 Å². The van der Waals surface area contributed by atoms with E-state index in [4.69, 9.17) is 10.5 Å². The Bertz CT molecular complexity index is 546. The molecule has 1 aliphatic rings. The van der Waals surface area contributed by atoms with Crippen LogP contribution in [0.3, 0.4) is 0 Å². The van der Waals surface area contributed by atoms with Crippen molar-refractivity contribution in [1.29, 1.82) is 0 Å². The highest BCUT2D eigenvalue weighted by atomic mass is 35.5. The molecule has 0 aliphatic carbocycles. The minimum Gasteiger partial charge on any atom is -0.364 e. The Morgan fingerprint density at radius 3 is 2.63 bits per heavy atom. The fourth-order valence-corrected chi connectivity index (χ4v) is 3.20. The SMILES string of the molecule is CCCCN(CC)Cc1cccc(CNC(=O)[C@@H]2CC[C@H](CN)O2)c1.Cl.Cl. The molecule has 1 fully saturated rings. The van der Waals surface area contributed by atoms with Gasteiger partial charge in [-0.25, -0.2) is 0 Å². The highest BCUT2D eigenvalue weighted by Gasteiger charge is 2.29. The maximum Gasteiger partial charge on any atom is 0.249 e. The molecule has 1 aromatic rings. The summed E-state index contributed by atoms with van der Waals surface area (Å²) in [6, 6.07) is 8.48. The standard InChI is InChI=1S/C20H33N3O2.2ClH/c1-3-5-11-23(4-2)15-17-8-6-7-16(12-17)14-22-20(24)19-10-9-18(13-21)25-19;;/h6-8,12,18-19H,3-5,9-11,13-15,21H2,1-2H3,(H,22,24);2*1H/t18-,19+;;/m1../s1. The molecule has 1 heterocycles. The van der Waals surface area contributed by atoms with Crippen LogP contribution in [0.1, 0.15) is 50.7 Å². The predicted octanol–water partition coefficient (Wildman–Crippen LogP) is 3.27. The Kier molecular flexibility index (Phi) is 13.7. The number of nitrogens with zero attached hydrogens (tertiary/aromatic N) is 1. The first-order valence-corrected chi connectivity index (χ1v) is 9.59. The van der Waals surface area contributed by atoms with Gasteiger partial charge >= 0.3 is 0 Å². The van der Waals surface area contributed by atoms with Gasteiger partial charge in [0.2, 0.25) is 5.91 Å². The van der Waals surface area contributed by atoms with E-state index in [0.29, 0.717) is 13.1 Å². The molecule has 0 saturated carbocycles. The minimum absolute atomic E-state index is 0. The van der Waals surface area contributed by atoms with Crippen molar-refractivity contribution in [2.24, 2.45) is 5.73 Å². The van der Waals surface area contributed by atoms with E-state index in [-0.39, 0.29) is 42.9 Å². The normalized spacial score (nSPS) is 18.7. The van der Waals surface area contributed by atoms with Crippen LogP contribution in [0.4, 0.5) is 0 Å². The third-order valence-electron chi connectivity index (χ3n) is 4.80. The molecule has 1 saturated heterocycles. The zero-order valence-corrected chi connectivity index (χ0v) is 18.1. The summed E-state index contributed by atoms with van der Waals surface area (Å²) >= 11 is 0. The molecule has 0 radical (unpaired) electrons. The van der Waals surface area contributed by atoms with Crippen LogP contribution < -0.4 is 11.1 Å². The van der Waals surface area contributed by atoms with Gasteiger partial charge in [-0.1, -0.05) is 44.5 Å². The maximum atomic E-state index is 12.2. The van der Waals surface area contributed by atoms with E-state index < -0.39 is 0 Å². The van der Waals surface area contributed by atoms with Crippen molar-refractivity contribution >= 4 is 30.7 Å². The van der Waals surface area contributed by atoms with E-state index in [9.17, 15) is 4.79 Å². The minimum atomic E-state index is -0.346. The van der Waals surface area contributed by atoms with Gasteiger partial charge in [0.25, 0.3) is 0 Å². The number of amides is 1.